The van der Waals surface area contributed by atoms with Crippen molar-refractivity contribution in [3.8, 4) is 11.1 Å². The molecule has 33 heavy (non-hydrogen) atoms. The number of carbonyl (C=O) groups is 1. The fraction of sp³-hybridized carbons (Fsp3) is 0.160. The Morgan fingerprint density at radius 2 is 1.76 bits per heavy atom. The van der Waals surface area contributed by atoms with Crippen LogP contribution in [0.3, 0.4) is 0 Å². The summed E-state index contributed by atoms with van der Waals surface area (Å²) < 4.78 is 74.0. The van der Waals surface area contributed by atoms with Crippen LogP contribution in [0, 0.1) is 11.6 Å². The predicted molar refractivity (Wildman–Crippen MR) is 117 cm³/mol. The number of thiophene rings is 1. The third kappa shape index (κ3) is 4.75. The molecule has 0 aliphatic heterocycles. The molecule has 0 amide bonds. The van der Waals surface area contributed by atoms with Crippen LogP contribution in [0.15, 0.2) is 60.7 Å². The summed E-state index contributed by atoms with van der Waals surface area (Å²) in [6.45, 7) is 1.77. The number of alkyl halides is 3. The molecule has 0 N–H and O–H groups in total. The van der Waals surface area contributed by atoms with Crippen molar-refractivity contribution in [1.29, 1.82) is 0 Å². The van der Waals surface area contributed by atoms with E-state index in [0.717, 1.165) is 29.5 Å². The van der Waals surface area contributed by atoms with Crippen LogP contribution in [-0.2, 0) is 17.3 Å². The molecule has 1 heterocycles. The Morgan fingerprint density at radius 1 is 1.00 bits per heavy atom. The van der Waals surface area contributed by atoms with Crippen molar-refractivity contribution in [2.45, 2.75) is 19.5 Å². The lowest BCUT2D eigenvalue weighted by atomic mass is 10.0. The van der Waals surface area contributed by atoms with Gasteiger partial charge in [-0.05, 0) is 47.9 Å². The Morgan fingerprint density at radius 3 is 2.48 bits per heavy atom. The molecule has 0 spiro atoms. The standard InChI is InChI=1S/C25H17F5O2S/c1-2-32-24(31)16-11-15(12-18(26)13-16)19-7-4-8-20-22(27)21(33-23(19)20)10-14-5-3-6-17(9-14)25(28,29)30/h3-9,11-13H,2,10H2,1H3. The second-order valence-corrected chi connectivity index (χ2v) is 8.45. The summed E-state index contributed by atoms with van der Waals surface area (Å²) in [7, 11) is 0. The molecule has 170 valence electrons. The molecule has 3 aromatic carbocycles. The molecule has 0 aliphatic rings. The van der Waals surface area contributed by atoms with Gasteiger partial charge in [-0.15, -0.1) is 11.3 Å². The summed E-state index contributed by atoms with van der Waals surface area (Å²) in [5, 5.41) is 0.279. The quantitative estimate of drug-likeness (QED) is 0.219. The molecule has 4 aromatic rings. The normalized spacial score (nSPS) is 11.7. The first kappa shape index (κ1) is 22.9. The van der Waals surface area contributed by atoms with Crippen LogP contribution >= 0.6 is 11.3 Å². The van der Waals surface area contributed by atoms with E-state index in [1.165, 1.54) is 24.3 Å². The minimum absolute atomic E-state index is 0.0221. The predicted octanol–water partition coefficient (Wildman–Crippen LogP) is 7.63. The molecule has 0 bridgehead atoms. The maximum absolute atomic E-state index is 15.2. The Balaban J connectivity index is 1.77. The zero-order chi connectivity index (χ0) is 23.8. The highest BCUT2D eigenvalue weighted by Crippen LogP contribution is 2.39. The Labute approximate surface area is 190 Å². The first-order valence-corrected chi connectivity index (χ1v) is 10.8. The van der Waals surface area contributed by atoms with Gasteiger partial charge >= 0.3 is 12.1 Å². The lowest BCUT2D eigenvalue weighted by molar-refractivity contribution is -0.137. The molecule has 0 saturated carbocycles. The van der Waals surface area contributed by atoms with Crippen LogP contribution in [0.2, 0.25) is 0 Å². The minimum Gasteiger partial charge on any atom is -0.462 e. The summed E-state index contributed by atoms with van der Waals surface area (Å²) in [6.07, 6.45) is -4.51. The van der Waals surface area contributed by atoms with E-state index in [2.05, 4.69) is 0 Å². The van der Waals surface area contributed by atoms with Crippen molar-refractivity contribution in [3.05, 3.63) is 93.9 Å². The average molecular weight is 476 g/mol. The number of esters is 1. The van der Waals surface area contributed by atoms with Gasteiger partial charge < -0.3 is 4.74 Å². The number of rotatable bonds is 5. The molecule has 8 heteroatoms. The van der Waals surface area contributed by atoms with E-state index >= 15 is 4.39 Å². The lowest BCUT2D eigenvalue weighted by Gasteiger charge is -2.08. The van der Waals surface area contributed by atoms with Gasteiger partial charge in [0.25, 0.3) is 0 Å². The molecule has 0 aliphatic carbocycles. The average Bonchev–Trinajstić information content (AvgIpc) is 3.08. The third-order valence-corrected chi connectivity index (χ3v) is 6.27. The molecular weight excluding hydrogens is 459 g/mol. The van der Waals surface area contributed by atoms with Crippen LogP contribution in [-0.4, -0.2) is 12.6 Å². The van der Waals surface area contributed by atoms with Crippen molar-refractivity contribution in [3.63, 3.8) is 0 Å². The zero-order valence-electron chi connectivity index (χ0n) is 17.3. The van der Waals surface area contributed by atoms with E-state index in [4.69, 9.17) is 4.74 Å². The fourth-order valence-corrected chi connectivity index (χ4v) is 4.85. The fourth-order valence-electron chi connectivity index (χ4n) is 3.60. The highest BCUT2D eigenvalue weighted by Gasteiger charge is 2.30. The highest BCUT2D eigenvalue weighted by atomic mass is 32.1. The van der Waals surface area contributed by atoms with Gasteiger partial charge in [-0.3, -0.25) is 0 Å². The molecule has 0 radical (unpaired) electrons. The number of ether oxygens (including phenoxy) is 1. The van der Waals surface area contributed by atoms with Gasteiger partial charge in [-0.2, -0.15) is 13.2 Å². The van der Waals surface area contributed by atoms with Gasteiger partial charge in [0.2, 0.25) is 0 Å². The number of hydrogen-bond acceptors (Lipinski definition) is 3. The highest BCUT2D eigenvalue weighted by molar-refractivity contribution is 7.19. The van der Waals surface area contributed by atoms with Gasteiger partial charge in [-0.25, -0.2) is 13.6 Å². The third-order valence-electron chi connectivity index (χ3n) is 5.06. The SMILES string of the molecule is CCOC(=O)c1cc(F)cc(-c2cccc3c(F)c(Cc4cccc(C(F)(F)F)c4)sc23)c1. The summed E-state index contributed by atoms with van der Waals surface area (Å²) >= 11 is 1.09. The van der Waals surface area contributed by atoms with Gasteiger partial charge in [0.15, 0.2) is 0 Å². The van der Waals surface area contributed by atoms with E-state index < -0.39 is 29.3 Å². The van der Waals surface area contributed by atoms with Crippen LogP contribution in [0.4, 0.5) is 22.0 Å². The van der Waals surface area contributed by atoms with E-state index in [1.807, 2.05) is 0 Å². The van der Waals surface area contributed by atoms with Crippen LogP contribution in [0.25, 0.3) is 21.2 Å². The topological polar surface area (TPSA) is 26.3 Å². The minimum atomic E-state index is -4.49. The molecule has 0 fully saturated rings. The monoisotopic (exact) mass is 476 g/mol. The van der Waals surface area contributed by atoms with Gasteiger partial charge in [0.1, 0.15) is 11.6 Å². The first-order chi connectivity index (χ1) is 15.7. The molecule has 0 saturated heterocycles. The number of hydrogen-bond donors (Lipinski definition) is 0. The molecule has 2 nitrogen and oxygen atoms in total. The second-order valence-electron chi connectivity index (χ2n) is 7.35. The smallest absolute Gasteiger partial charge is 0.416 e. The summed E-state index contributed by atoms with van der Waals surface area (Å²) in [6, 6.07) is 13.4. The number of halogens is 5. The van der Waals surface area contributed by atoms with Crippen LogP contribution < -0.4 is 0 Å². The van der Waals surface area contributed by atoms with E-state index in [1.54, 1.807) is 25.1 Å². The maximum Gasteiger partial charge on any atom is 0.416 e. The summed E-state index contributed by atoms with van der Waals surface area (Å²) in [5.41, 5.74) is 0.443. The molecule has 0 unspecified atom stereocenters. The van der Waals surface area contributed by atoms with Gasteiger partial charge in [-0.1, -0.05) is 36.4 Å². The Bertz CT molecular complexity index is 1340. The van der Waals surface area contributed by atoms with Crippen molar-refractivity contribution in [2.24, 2.45) is 0 Å². The summed E-state index contributed by atoms with van der Waals surface area (Å²) in [4.78, 5) is 12.3. The Kier molecular flexibility index (Phi) is 6.21. The second kappa shape index (κ2) is 8.94. The van der Waals surface area contributed by atoms with Crippen molar-refractivity contribution >= 4 is 27.4 Å². The molecular formula is C25H17F5O2S. The lowest BCUT2D eigenvalue weighted by Crippen LogP contribution is -2.05. The number of fused-ring (bicyclic) bond motifs is 1. The Hall–Kier alpha value is -3.26. The maximum atomic E-state index is 15.2. The number of carbonyl (C=O) groups excluding carboxylic acids is 1. The number of benzene rings is 3. The summed E-state index contributed by atoms with van der Waals surface area (Å²) in [5.74, 6) is -1.85. The van der Waals surface area contributed by atoms with Crippen LogP contribution in [0.5, 0.6) is 0 Å². The molecule has 0 atom stereocenters. The van der Waals surface area contributed by atoms with E-state index in [9.17, 15) is 22.4 Å². The van der Waals surface area contributed by atoms with E-state index in [0.29, 0.717) is 21.4 Å². The largest absolute Gasteiger partial charge is 0.462 e. The van der Waals surface area contributed by atoms with Crippen molar-refractivity contribution in [1.82, 2.24) is 0 Å². The van der Waals surface area contributed by atoms with Crippen molar-refractivity contribution < 1.29 is 31.5 Å². The first-order valence-electron chi connectivity index (χ1n) is 10.0. The van der Waals surface area contributed by atoms with E-state index in [-0.39, 0.29) is 28.9 Å². The molecule has 4 rings (SSSR count). The van der Waals surface area contributed by atoms with Gasteiger partial charge in [0.05, 0.1) is 17.7 Å². The van der Waals surface area contributed by atoms with Crippen LogP contribution in [0.1, 0.15) is 33.3 Å². The van der Waals surface area contributed by atoms with Crippen molar-refractivity contribution in [2.75, 3.05) is 6.61 Å². The zero-order valence-corrected chi connectivity index (χ0v) is 18.1. The molecule has 1 aromatic heterocycles. The van der Waals surface area contributed by atoms with Gasteiger partial charge in [0, 0.05) is 21.4 Å².